The summed E-state index contributed by atoms with van der Waals surface area (Å²) < 4.78 is 91.4. The number of halogens is 5. The van der Waals surface area contributed by atoms with Crippen molar-refractivity contribution in [3.63, 3.8) is 0 Å². The molecule has 12 heteroatoms. The predicted molar refractivity (Wildman–Crippen MR) is 158 cm³/mol. The Morgan fingerprint density at radius 1 is 1.02 bits per heavy atom. The Kier molecular flexibility index (Phi) is 9.24. The number of carbonyl (C=O) groups excluding carboxylic acids is 1. The third-order valence-corrected chi connectivity index (χ3v) is 9.12. The number of rotatable bonds is 13. The van der Waals surface area contributed by atoms with E-state index in [1.165, 1.54) is 18.3 Å². The van der Waals surface area contributed by atoms with Gasteiger partial charge in [-0.05, 0) is 48.4 Å². The molecule has 6 nitrogen and oxygen atoms in total. The molecular weight excluding hydrogens is 599 g/mol. The Morgan fingerprint density at radius 3 is 2.39 bits per heavy atom. The summed E-state index contributed by atoms with van der Waals surface area (Å²) in [6.07, 6.45) is 2.58. The summed E-state index contributed by atoms with van der Waals surface area (Å²) in [5.74, 6) is -4.83. The molecule has 1 fully saturated rings. The minimum atomic E-state index is -1.53. The van der Waals surface area contributed by atoms with Gasteiger partial charge < -0.3 is 18.8 Å². The zero-order valence-corrected chi connectivity index (χ0v) is 25.7. The van der Waals surface area contributed by atoms with Crippen LogP contribution in [0.3, 0.4) is 0 Å². The van der Waals surface area contributed by atoms with Crippen LogP contribution in [0.1, 0.15) is 18.4 Å². The molecule has 0 aliphatic carbocycles. The van der Waals surface area contributed by atoms with Crippen LogP contribution < -0.4 is 4.74 Å². The normalized spacial score (nSPS) is 14.5. The Bertz CT molecular complexity index is 1660. The Balaban J connectivity index is 1.44. The highest BCUT2D eigenvalue weighted by atomic mass is 28.3. The van der Waals surface area contributed by atoms with Gasteiger partial charge in [0.05, 0.1) is 18.6 Å². The number of alkyl halides is 1. The maximum absolute atomic E-state index is 15.2. The van der Waals surface area contributed by atoms with Gasteiger partial charge in [0.25, 0.3) is 0 Å². The number of benzene rings is 2. The monoisotopic (exact) mass is 632 g/mol. The van der Waals surface area contributed by atoms with Gasteiger partial charge >= 0.3 is 0 Å². The second kappa shape index (κ2) is 12.8. The number of carbonyl (C=O) groups is 1. The molecule has 0 N–H and O–H groups in total. The molecule has 1 aliphatic heterocycles. The van der Waals surface area contributed by atoms with Crippen LogP contribution in [0.5, 0.6) is 11.5 Å². The first-order valence-corrected chi connectivity index (χ1v) is 18.0. The Labute approximate surface area is 252 Å². The number of nitrogens with zero attached hydrogens (tertiary/aromatic N) is 2. The molecule has 0 saturated carbocycles. The van der Waals surface area contributed by atoms with Crippen molar-refractivity contribution < 1.29 is 41.0 Å². The summed E-state index contributed by atoms with van der Waals surface area (Å²) in [6, 6.07) is 7.40. The minimum Gasteiger partial charge on any atom is -0.450 e. The van der Waals surface area contributed by atoms with Crippen LogP contribution in [-0.4, -0.2) is 48.9 Å². The highest BCUT2D eigenvalue weighted by Gasteiger charge is 2.38. The second-order valence-corrected chi connectivity index (χ2v) is 18.0. The van der Waals surface area contributed by atoms with Crippen molar-refractivity contribution in [2.75, 3.05) is 19.8 Å². The smallest absolute Gasteiger partial charge is 0.198 e. The fourth-order valence-corrected chi connectivity index (χ4v) is 5.65. The summed E-state index contributed by atoms with van der Waals surface area (Å²) in [5, 5.41) is 0.241. The van der Waals surface area contributed by atoms with E-state index in [2.05, 4.69) is 24.6 Å². The van der Waals surface area contributed by atoms with E-state index in [1.807, 2.05) is 0 Å². The van der Waals surface area contributed by atoms with E-state index in [4.69, 9.17) is 14.2 Å². The molecule has 234 valence electrons. The van der Waals surface area contributed by atoms with Gasteiger partial charge in [-0.3, -0.25) is 4.79 Å². The van der Waals surface area contributed by atoms with Crippen LogP contribution in [-0.2, 0) is 27.4 Å². The van der Waals surface area contributed by atoms with Gasteiger partial charge in [0.15, 0.2) is 23.1 Å². The number of hydrogen-bond acceptors (Lipinski definition) is 5. The molecular formula is C32H33F5N2O4Si. The lowest BCUT2D eigenvalue weighted by Gasteiger charge is -2.33. The van der Waals surface area contributed by atoms with Crippen LogP contribution in [0.2, 0.25) is 25.7 Å². The molecule has 1 saturated heterocycles. The highest BCUT2D eigenvalue weighted by molar-refractivity contribution is 6.76. The summed E-state index contributed by atoms with van der Waals surface area (Å²) >= 11 is 0. The lowest BCUT2D eigenvalue weighted by Crippen LogP contribution is -2.45. The summed E-state index contributed by atoms with van der Waals surface area (Å²) in [5.41, 5.74) is -0.854. The standard InChI is InChI=1S/C32H33F5N2O4Si/c1-44(2,3)11-10-41-19-39-16-24(23-5-4-21(33)15-25(23)34)29-28(7-9-38-31(29)39)43-30-26(35)13-20(14-27(30)36)12-22(40)6-8-32(37)17-42-18-32/h4-5,7,9,13-16H,6,8,10-12,17-19H2,1-3H3. The van der Waals surface area contributed by atoms with Crippen molar-refractivity contribution in [1.29, 1.82) is 0 Å². The molecule has 0 radical (unpaired) electrons. The van der Waals surface area contributed by atoms with Crippen molar-refractivity contribution >= 4 is 24.9 Å². The Morgan fingerprint density at radius 2 is 1.75 bits per heavy atom. The van der Waals surface area contributed by atoms with Gasteiger partial charge in [0, 0.05) is 57.1 Å². The number of hydrogen-bond donors (Lipinski definition) is 0. The predicted octanol–water partition coefficient (Wildman–Crippen LogP) is 7.99. The summed E-state index contributed by atoms with van der Waals surface area (Å²) in [7, 11) is -1.36. The molecule has 0 amide bonds. The van der Waals surface area contributed by atoms with Gasteiger partial charge in [-0.25, -0.2) is 26.9 Å². The van der Waals surface area contributed by atoms with Crippen LogP contribution in [0, 0.1) is 23.3 Å². The first-order chi connectivity index (χ1) is 20.8. The zero-order chi connectivity index (χ0) is 31.6. The van der Waals surface area contributed by atoms with Gasteiger partial charge in [-0.2, -0.15) is 0 Å². The topological polar surface area (TPSA) is 62.6 Å². The van der Waals surface area contributed by atoms with Crippen LogP contribution in [0.4, 0.5) is 22.0 Å². The molecule has 0 spiro atoms. The molecule has 4 aromatic rings. The van der Waals surface area contributed by atoms with Gasteiger partial charge in [0.2, 0.25) is 0 Å². The molecule has 2 aromatic carbocycles. The molecule has 3 heterocycles. The first-order valence-electron chi connectivity index (χ1n) is 14.3. The molecule has 0 bridgehead atoms. The molecule has 0 unspecified atom stereocenters. The van der Waals surface area contributed by atoms with Crippen molar-refractivity contribution in [3.8, 4) is 22.6 Å². The Hall–Kier alpha value is -3.61. The fraction of sp³-hybridized carbons (Fsp3) is 0.375. The molecule has 1 aliphatic rings. The van der Waals surface area contributed by atoms with E-state index in [9.17, 15) is 18.0 Å². The lowest BCUT2D eigenvalue weighted by molar-refractivity contribution is -0.139. The molecule has 2 aromatic heterocycles. The molecule has 0 atom stereocenters. The SMILES string of the molecule is C[Si](C)(C)CCOCn1cc(-c2ccc(F)cc2F)c2c(Oc3c(F)cc(CC(=O)CCC4(F)COC4)cc3F)ccnc21. The summed E-state index contributed by atoms with van der Waals surface area (Å²) in [4.78, 5) is 16.8. The van der Waals surface area contributed by atoms with E-state index >= 15 is 8.78 Å². The van der Waals surface area contributed by atoms with Gasteiger partial charge in [0.1, 0.15) is 35.5 Å². The fourth-order valence-electron chi connectivity index (χ4n) is 4.89. The van der Waals surface area contributed by atoms with Crippen molar-refractivity contribution in [2.45, 2.75) is 57.3 Å². The second-order valence-electron chi connectivity index (χ2n) is 12.3. The van der Waals surface area contributed by atoms with E-state index in [-0.39, 0.29) is 72.8 Å². The number of Topliss-reactive ketones (excluding diaryl/α,β-unsaturated/α-hetero) is 1. The van der Waals surface area contributed by atoms with Crippen LogP contribution in [0.25, 0.3) is 22.2 Å². The zero-order valence-electron chi connectivity index (χ0n) is 24.7. The highest BCUT2D eigenvalue weighted by Crippen LogP contribution is 2.40. The van der Waals surface area contributed by atoms with Crippen molar-refractivity contribution in [3.05, 3.63) is 77.6 Å². The van der Waals surface area contributed by atoms with Gasteiger partial charge in [-0.1, -0.05) is 19.6 Å². The van der Waals surface area contributed by atoms with E-state index < -0.39 is 42.8 Å². The van der Waals surface area contributed by atoms with E-state index in [1.54, 1.807) is 10.8 Å². The lowest BCUT2D eigenvalue weighted by atomic mass is 9.95. The maximum atomic E-state index is 15.2. The number of ether oxygens (including phenoxy) is 3. The quantitative estimate of drug-likeness (QED) is 0.0850. The average molecular weight is 633 g/mol. The van der Waals surface area contributed by atoms with Gasteiger partial charge in [-0.15, -0.1) is 0 Å². The van der Waals surface area contributed by atoms with Crippen molar-refractivity contribution in [2.24, 2.45) is 0 Å². The average Bonchev–Trinajstić information content (AvgIpc) is 3.29. The van der Waals surface area contributed by atoms with Crippen LogP contribution >= 0.6 is 0 Å². The number of pyridine rings is 1. The third-order valence-electron chi connectivity index (χ3n) is 7.41. The molecule has 5 rings (SSSR count). The van der Waals surface area contributed by atoms with E-state index in [0.717, 1.165) is 30.3 Å². The number of ketones is 1. The number of aromatic nitrogens is 2. The summed E-state index contributed by atoms with van der Waals surface area (Å²) in [6.45, 7) is 7.10. The first kappa shape index (κ1) is 31.8. The molecule has 44 heavy (non-hydrogen) atoms. The minimum absolute atomic E-state index is 0.0178. The van der Waals surface area contributed by atoms with E-state index in [0.29, 0.717) is 12.3 Å². The maximum Gasteiger partial charge on any atom is 0.198 e. The number of fused-ring (bicyclic) bond motifs is 1. The third kappa shape index (κ3) is 7.36. The van der Waals surface area contributed by atoms with Crippen molar-refractivity contribution in [1.82, 2.24) is 9.55 Å². The largest absolute Gasteiger partial charge is 0.450 e. The van der Waals surface area contributed by atoms with Crippen LogP contribution in [0.15, 0.2) is 48.8 Å².